The van der Waals surface area contributed by atoms with Crippen LogP contribution in [0.4, 0.5) is 0 Å². The summed E-state index contributed by atoms with van der Waals surface area (Å²) in [6.45, 7) is 4.82. The average molecular weight is 233 g/mol. The first-order valence-electron chi connectivity index (χ1n) is 6.52. The van der Waals surface area contributed by atoms with Crippen LogP contribution in [0.1, 0.15) is 44.7 Å². The van der Waals surface area contributed by atoms with E-state index in [4.69, 9.17) is 0 Å². The van der Waals surface area contributed by atoms with Gasteiger partial charge in [0.25, 0.3) is 0 Å². The number of hydrogen-bond acceptors (Lipinski definition) is 2. The molecule has 0 amide bonds. The van der Waals surface area contributed by atoms with Crippen LogP contribution in [0.3, 0.4) is 0 Å². The molecule has 0 spiro atoms. The van der Waals surface area contributed by atoms with Crippen LogP contribution in [0.5, 0.6) is 0 Å². The molecule has 0 aromatic heterocycles. The van der Waals surface area contributed by atoms with E-state index >= 15 is 0 Å². The van der Waals surface area contributed by atoms with Crippen molar-refractivity contribution in [3.63, 3.8) is 0 Å². The van der Waals surface area contributed by atoms with Gasteiger partial charge in [0, 0.05) is 6.04 Å². The molecule has 94 valence electrons. The maximum atomic E-state index is 9.51. The van der Waals surface area contributed by atoms with Gasteiger partial charge in [0.05, 0.1) is 12.6 Å². The van der Waals surface area contributed by atoms with Gasteiger partial charge in [-0.1, -0.05) is 44.2 Å². The minimum Gasteiger partial charge on any atom is -0.394 e. The predicted octanol–water partition coefficient (Wildman–Crippen LogP) is 2.89. The summed E-state index contributed by atoms with van der Waals surface area (Å²) in [7, 11) is 0. The third-order valence-corrected chi connectivity index (χ3v) is 3.79. The number of nitrogens with one attached hydrogen (secondary N) is 1. The Morgan fingerprint density at radius 2 is 2.06 bits per heavy atom. The Balaban J connectivity index is 1.97. The van der Waals surface area contributed by atoms with E-state index < -0.39 is 0 Å². The highest BCUT2D eigenvalue weighted by Crippen LogP contribution is 2.37. The first-order valence-corrected chi connectivity index (χ1v) is 6.52. The Labute approximate surface area is 104 Å². The second-order valence-corrected chi connectivity index (χ2v) is 5.92. The molecule has 2 heteroatoms. The maximum Gasteiger partial charge on any atom is 0.0626 e. The van der Waals surface area contributed by atoms with Crippen LogP contribution in [0.15, 0.2) is 30.3 Å². The lowest BCUT2D eigenvalue weighted by atomic mass is 9.91. The lowest BCUT2D eigenvalue weighted by Crippen LogP contribution is -2.33. The van der Waals surface area contributed by atoms with Crippen molar-refractivity contribution in [1.29, 1.82) is 0 Å². The van der Waals surface area contributed by atoms with Gasteiger partial charge in [-0.25, -0.2) is 0 Å². The molecule has 2 rings (SSSR count). The van der Waals surface area contributed by atoms with Crippen molar-refractivity contribution < 1.29 is 5.11 Å². The largest absolute Gasteiger partial charge is 0.394 e. The smallest absolute Gasteiger partial charge is 0.0626 e. The number of benzene rings is 1. The van der Waals surface area contributed by atoms with Crippen molar-refractivity contribution in [2.75, 3.05) is 6.61 Å². The third-order valence-electron chi connectivity index (χ3n) is 3.79. The summed E-state index contributed by atoms with van der Waals surface area (Å²) < 4.78 is 0. The molecule has 2 atom stereocenters. The Kier molecular flexibility index (Phi) is 3.85. The first-order chi connectivity index (χ1) is 8.11. The molecule has 2 N–H and O–H groups in total. The quantitative estimate of drug-likeness (QED) is 0.838. The molecular formula is C15H23NO. The molecule has 2 nitrogen and oxygen atoms in total. The fourth-order valence-electron chi connectivity index (χ4n) is 2.80. The summed E-state index contributed by atoms with van der Waals surface area (Å²) in [6, 6.07) is 10.8. The second-order valence-electron chi connectivity index (χ2n) is 5.92. The van der Waals surface area contributed by atoms with Gasteiger partial charge in [-0.05, 0) is 30.2 Å². The van der Waals surface area contributed by atoms with Crippen LogP contribution in [-0.4, -0.2) is 17.8 Å². The number of rotatable bonds is 4. The lowest BCUT2D eigenvalue weighted by Gasteiger charge is -2.23. The Morgan fingerprint density at radius 3 is 2.59 bits per heavy atom. The molecule has 1 saturated carbocycles. The molecule has 1 aromatic carbocycles. The standard InChI is InChI=1S/C15H23NO/c1-15(2)9-8-13(10-15)16-14(11-17)12-6-4-3-5-7-12/h3-7,13-14,16-17H,8-11H2,1-2H3/t13?,14-/m1/s1. The first kappa shape index (κ1) is 12.6. The number of hydrogen-bond donors (Lipinski definition) is 2. The van der Waals surface area contributed by atoms with E-state index in [9.17, 15) is 5.11 Å². The predicted molar refractivity (Wildman–Crippen MR) is 70.8 cm³/mol. The van der Waals surface area contributed by atoms with Crippen molar-refractivity contribution in [2.24, 2.45) is 5.41 Å². The minimum absolute atomic E-state index is 0.0788. The highest BCUT2D eigenvalue weighted by atomic mass is 16.3. The van der Waals surface area contributed by atoms with E-state index in [0.29, 0.717) is 11.5 Å². The molecule has 1 aliphatic rings. The zero-order valence-electron chi connectivity index (χ0n) is 10.8. The van der Waals surface area contributed by atoms with Gasteiger partial charge >= 0.3 is 0 Å². The topological polar surface area (TPSA) is 32.3 Å². The van der Waals surface area contributed by atoms with E-state index in [2.05, 4.69) is 31.3 Å². The van der Waals surface area contributed by atoms with Crippen LogP contribution in [0.25, 0.3) is 0 Å². The van der Waals surface area contributed by atoms with Crippen molar-refractivity contribution >= 4 is 0 Å². The van der Waals surface area contributed by atoms with Crippen molar-refractivity contribution in [3.8, 4) is 0 Å². The Hall–Kier alpha value is -0.860. The number of aliphatic hydroxyl groups is 1. The van der Waals surface area contributed by atoms with E-state index in [1.807, 2.05) is 18.2 Å². The van der Waals surface area contributed by atoms with Crippen molar-refractivity contribution in [3.05, 3.63) is 35.9 Å². The van der Waals surface area contributed by atoms with E-state index in [0.717, 1.165) is 0 Å². The van der Waals surface area contributed by atoms with Crippen LogP contribution in [0.2, 0.25) is 0 Å². The molecule has 1 unspecified atom stereocenters. The fraction of sp³-hybridized carbons (Fsp3) is 0.600. The summed E-state index contributed by atoms with van der Waals surface area (Å²) in [5, 5.41) is 13.1. The third kappa shape index (κ3) is 3.30. The molecule has 1 aliphatic carbocycles. The summed E-state index contributed by atoms with van der Waals surface area (Å²) in [5.41, 5.74) is 1.63. The van der Waals surface area contributed by atoms with Crippen LogP contribution in [-0.2, 0) is 0 Å². The average Bonchev–Trinajstić information content (AvgIpc) is 2.67. The lowest BCUT2D eigenvalue weighted by molar-refractivity contribution is 0.229. The van der Waals surface area contributed by atoms with Gasteiger partial charge in [0.1, 0.15) is 0 Å². The number of aliphatic hydroxyl groups excluding tert-OH is 1. The monoisotopic (exact) mass is 233 g/mol. The maximum absolute atomic E-state index is 9.51. The van der Waals surface area contributed by atoms with E-state index in [-0.39, 0.29) is 12.6 Å². The second kappa shape index (κ2) is 5.19. The van der Waals surface area contributed by atoms with Crippen molar-refractivity contribution in [1.82, 2.24) is 5.32 Å². The molecule has 1 aromatic rings. The molecule has 0 bridgehead atoms. The molecule has 0 radical (unpaired) electrons. The van der Waals surface area contributed by atoms with Gasteiger partial charge in [-0.3, -0.25) is 0 Å². The van der Waals surface area contributed by atoms with Crippen LogP contribution in [0, 0.1) is 5.41 Å². The minimum atomic E-state index is 0.0788. The summed E-state index contributed by atoms with van der Waals surface area (Å²) in [6.07, 6.45) is 3.70. The Morgan fingerprint density at radius 1 is 1.35 bits per heavy atom. The highest BCUT2D eigenvalue weighted by Gasteiger charge is 2.31. The normalized spacial score (nSPS) is 24.8. The summed E-state index contributed by atoms with van der Waals surface area (Å²) in [4.78, 5) is 0. The molecular weight excluding hydrogens is 210 g/mol. The molecule has 0 aliphatic heterocycles. The van der Waals surface area contributed by atoms with Gasteiger partial charge in [-0.15, -0.1) is 0 Å². The molecule has 0 saturated heterocycles. The van der Waals surface area contributed by atoms with Crippen LogP contribution >= 0.6 is 0 Å². The molecule has 0 heterocycles. The summed E-state index contributed by atoms with van der Waals surface area (Å²) >= 11 is 0. The molecule has 17 heavy (non-hydrogen) atoms. The zero-order chi connectivity index (χ0) is 12.3. The van der Waals surface area contributed by atoms with Gasteiger partial charge in [0.15, 0.2) is 0 Å². The van der Waals surface area contributed by atoms with E-state index in [1.165, 1.54) is 24.8 Å². The van der Waals surface area contributed by atoms with Crippen LogP contribution < -0.4 is 5.32 Å². The van der Waals surface area contributed by atoms with E-state index in [1.54, 1.807) is 0 Å². The summed E-state index contributed by atoms with van der Waals surface area (Å²) in [5.74, 6) is 0. The fourth-order valence-corrected chi connectivity index (χ4v) is 2.80. The highest BCUT2D eigenvalue weighted by molar-refractivity contribution is 5.19. The van der Waals surface area contributed by atoms with Gasteiger partial charge in [-0.2, -0.15) is 0 Å². The SMILES string of the molecule is CC1(C)CCC(N[C@H](CO)c2ccccc2)C1. The molecule has 1 fully saturated rings. The van der Waals surface area contributed by atoms with Crippen molar-refractivity contribution in [2.45, 2.75) is 45.2 Å². The van der Waals surface area contributed by atoms with Gasteiger partial charge < -0.3 is 10.4 Å². The Bertz CT molecular complexity index is 347. The van der Waals surface area contributed by atoms with Gasteiger partial charge in [0.2, 0.25) is 0 Å². The zero-order valence-corrected chi connectivity index (χ0v) is 10.8.